The van der Waals surface area contributed by atoms with Crippen molar-refractivity contribution in [3.8, 4) is 0 Å². The summed E-state index contributed by atoms with van der Waals surface area (Å²) < 4.78 is 0. The molecule has 0 amide bonds. The van der Waals surface area contributed by atoms with E-state index in [1.807, 2.05) is 11.3 Å². The van der Waals surface area contributed by atoms with Crippen LogP contribution in [0.15, 0.2) is 5.38 Å². The quantitative estimate of drug-likeness (QED) is 0.861. The van der Waals surface area contributed by atoms with Gasteiger partial charge in [-0.1, -0.05) is 6.92 Å². The third-order valence-electron chi connectivity index (χ3n) is 3.73. The summed E-state index contributed by atoms with van der Waals surface area (Å²) in [7, 11) is 0. The summed E-state index contributed by atoms with van der Waals surface area (Å²) in [6.07, 6.45) is 6.14. The molecular weight excluding hydrogens is 242 g/mol. The van der Waals surface area contributed by atoms with Crippen molar-refractivity contribution in [2.75, 3.05) is 19.6 Å². The van der Waals surface area contributed by atoms with E-state index in [-0.39, 0.29) is 0 Å². The first-order valence-electron chi connectivity index (χ1n) is 7.17. The average Bonchev–Trinajstić information content (AvgIpc) is 2.80. The third kappa shape index (κ3) is 4.04. The molecule has 2 rings (SSSR count). The highest BCUT2D eigenvalue weighted by Gasteiger charge is 2.19. The average molecular weight is 267 g/mol. The molecule has 0 radical (unpaired) electrons. The van der Waals surface area contributed by atoms with Crippen LogP contribution in [0.1, 0.15) is 43.3 Å². The summed E-state index contributed by atoms with van der Waals surface area (Å²) in [6, 6.07) is 0. The lowest BCUT2D eigenvalue weighted by Gasteiger charge is -2.31. The van der Waals surface area contributed by atoms with E-state index < -0.39 is 0 Å². The number of hydrogen-bond acceptors (Lipinski definition) is 4. The van der Waals surface area contributed by atoms with Gasteiger partial charge in [-0.25, -0.2) is 4.98 Å². The molecular formula is C14H25N3S. The Morgan fingerprint density at radius 1 is 1.44 bits per heavy atom. The fraction of sp³-hybridized carbons (Fsp3) is 0.786. The second-order valence-corrected chi connectivity index (χ2v) is 6.22. The van der Waals surface area contributed by atoms with E-state index in [4.69, 9.17) is 10.7 Å². The molecule has 1 aliphatic rings. The van der Waals surface area contributed by atoms with Crippen molar-refractivity contribution in [2.45, 2.75) is 45.6 Å². The first-order chi connectivity index (χ1) is 8.81. The SMILES string of the molecule is CCCc1nc(CN2CCC(CCN)CC2)cs1. The number of piperidine rings is 1. The van der Waals surface area contributed by atoms with Crippen molar-refractivity contribution in [3.63, 3.8) is 0 Å². The molecule has 2 N–H and O–H groups in total. The largest absolute Gasteiger partial charge is 0.330 e. The van der Waals surface area contributed by atoms with Gasteiger partial charge in [-0.3, -0.25) is 4.90 Å². The Balaban J connectivity index is 1.76. The summed E-state index contributed by atoms with van der Waals surface area (Å²) in [5.41, 5.74) is 6.89. The molecule has 3 nitrogen and oxygen atoms in total. The molecule has 18 heavy (non-hydrogen) atoms. The number of nitrogens with two attached hydrogens (primary N) is 1. The smallest absolute Gasteiger partial charge is 0.0928 e. The summed E-state index contributed by atoms with van der Waals surface area (Å²) in [4.78, 5) is 7.25. The van der Waals surface area contributed by atoms with E-state index in [1.54, 1.807) is 0 Å². The van der Waals surface area contributed by atoms with Gasteiger partial charge in [0.25, 0.3) is 0 Å². The van der Waals surface area contributed by atoms with E-state index >= 15 is 0 Å². The zero-order valence-corrected chi connectivity index (χ0v) is 12.2. The lowest BCUT2D eigenvalue weighted by molar-refractivity contribution is 0.172. The second-order valence-electron chi connectivity index (χ2n) is 5.28. The summed E-state index contributed by atoms with van der Waals surface area (Å²) >= 11 is 1.82. The minimum absolute atomic E-state index is 0.844. The van der Waals surface area contributed by atoms with Gasteiger partial charge in [-0.15, -0.1) is 11.3 Å². The molecule has 1 aromatic heterocycles. The topological polar surface area (TPSA) is 42.2 Å². The van der Waals surface area contributed by atoms with Gasteiger partial charge >= 0.3 is 0 Å². The molecule has 2 heterocycles. The molecule has 0 aromatic carbocycles. The zero-order chi connectivity index (χ0) is 12.8. The van der Waals surface area contributed by atoms with E-state index in [2.05, 4.69) is 17.2 Å². The Bertz CT molecular complexity index is 343. The normalized spacial score (nSPS) is 18.3. The van der Waals surface area contributed by atoms with Crippen LogP contribution < -0.4 is 5.73 Å². The van der Waals surface area contributed by atoms with Crippen LogP contribution in [-0.2, 0) is 13.0 Å². The van der Waals surface area contributed by atoms with Crippen LogP contribution in [0.5, 0.6) is 0 Å². The molecule has 0 spiro atoms. The molecule has 1 fully saturated rings. The lowest BCUT2D eigenvalue weighted by atomic mass is 9.93. The van der Waals surface area contributed by atoms with Gasteiger partial charge in [-0.2, -0.15) is 0 Å². The van der Waals surface area contributed by atoms with Crippen LogP contribution in [0, 0.1) is 5.92 Å². The Kier molecular flexibility index (Phi) is 5.60. The standard InChI is InChI=1S/C14H25N3S/c1-2-3-14-16-13(11-18-14)10-17-8-5-12(4-7-15)6-9-17/h11-12H,2-10,15H2,1H3. The van der Waals surface area contributed by atoms with Crippen LogP contribution in [0.2, 0.25) is 0 Å². The number of nitrogens with zero attached hydrogens (tertiary/aromatic N) is 2. The highest BCUT2D eigenvalue weighted by atomic mass is 32.1. The Labute approximate surface area is 114 Å². The van der Waals surface area contributed by atoms with Crippen LogP contribution in [0.3, 0.4) is 0 Å². The molecule has 0 saturated carbocycles. The van der Waals surface area contributed by atoms with Gasteiger partial charge in [0.2, 0.25) is 0 Å². The maximum atomic E-state index is 5.63. The maximum absolute atomic E-state index is 5.63. The monoisotopic (exact) mass is 267 g/mol. The van der Waals surface area contributed by atoms with Gasteiger partial charge < -0.3 is 5.73 Å². The number of hydrogen-bond donors (Lipinski definition) is 1. The fourth-order valence-corrected chi connectivity index (χ4v) is 3.54. The first-order valence-corrected chi connectivity index (χ1v) is 8.05. The highest BCUT2D eigenvalue weighted by Crippen LogP contribution is 2.22. The third-order valence-corrected chi connectivity index (χ3v) is 4.69. The number of thiazole rings is 1. The predicted molar refractivity (Wildman–Crippen MR) is 77.8 cm³/mol. The number of rotatable bonds is 6. The molecule has 0 bridgehead atoms. The Hall–Kier alpha value is -0.450. The van der Waals surface area contributed by atoms with Crippen LogP contribution in [0.25, 0.3) is 0 Å². The van der Waals surface area contributed by atoms with Crippen molar-refractivity contribution in [1.29, 1.82) is 0 Å². The van der Waals surface area contributed by atoms with Crippen molar-refractivity contribution in [3.05, 3.63) is 16.1 Å². The van der Waals surface area contributed by atoms with E-state index in [1.165, 1.54) is 49.5 Å². The Morgan fingerprint density at radius 2 is 2.22 bits per heavy atom. The van der Waals surface area contributed by atoms with Crippen LogP contribution >= 0.6 is 11.3 Å². The first kappa shape index (κ1) is 14.0. The molecule has 1 saturated heterocycles. The molecule has 4 heteroatoms. The van der Waals surface area contributed by atoms with Gasteiger partial charge in [-0.05, 0) is 57.7 Å². The number of likely N-dealkylation sites (tertiary alicyclic amines) is 1. The van der Waals surface area contributed by atoms with Crippen molar-refractivity contribution in [1.82, 2.24) is 9.88 Å². The second kappa shape index (κ2) is 7.22. The number of aryl methyl sites for hydroxylation is 1. The zero-order valence-electron chi connectivity index (χ0n) is 11.4. The van der Waals surface area contributed by atoms with Gasteiger partial charge in [0.15, 0.2) is 0 Å². The van der Waals surface area contributed by atoms with Gasteiger partial charge in [0.1, 0.15) is 0 Å². The number of aromatic nitrogens is 1. The highest BCUT2D eigenvalue weighted by molar-refractivity contribution is 7.09. The molecule has 1 aliphatic heterocycles. The van der Waals surface area contributed by atoms with Crippen LogP contribution in [-0.4, -0.2) is 29.5 Å². The van der Waals surface area contributed by atoms with E-state index in [0.29, 0.717) is 0 Å². The predicted octanol–water partition coefficient (Wildman–Crippen LogP) is 2.66. The lowest BCUT2D eigenvalue weighted by Crippen LogP contribution is -2.33. The maximum Gasteiger partial charge on any atom is 0.0928 e. The van der Waals surface area contributed by atoms with Gasteiger partial charge in [0, 0.05) is 11.9 Å². The van der Waals surface area contributed by atoms with Gasteiger partial charge in [0.05, 0.1) is 10.7 Å². The van der Waals surface area contributed by atoms with E-state index in [0.717, 1.165) is 25.4 Å². The molecule has 0 aliphatic carbocycles. The minimum Gasteiger partial charge on any atom is -0.330 e. The Morgan fingerprint density at radius 3 is 2.89 bits per heavy atom. The molecule has 1 aromatic rings. The fourth-order valence-electron chi connectivity index (χ4n) is 2.65. The molecule has 102 valence electrons. The molecule has 0 atom stereocenters. The minimum atomic E-state index is 0.844. The van der Waals surface area contributed by atoms with Crippen molar-refractivity contribution < 1.29 is 0 Å². The summed E-state index contributed by atoms with van der Waals surface area (Å²) in [5, 5.41) is 3.53. The summed E-state index contributed by atoms with van der Waals surface area (Å²) in [6.45, 7) is 6.52. The molecule has 0 unspecified atom stereocenters. The van der Waals surface area contributed by atoms with Crippen molar-refractivity contribution in [2.24, 2.45) is 11.7 Å². The van der Waals surface area contributed by atoms with Crippen LogP contribution in [0.4, 0.5) is 0 Å². The summed E-state index contributed by atoms with van der Waals surface area (Å²) in [5.74, 6) is 0.859. The van der Waals surface area contributed by atoms with Crippen molar-refractivity contribution >= 4 is 11.3 Å². The van der Waals surface area contributed by atoms with E-state index in [9.17, 15) is 0 Å².